The first-order valence-corrected chi connectivity index (χ1v) is 7.30. The van der Waals surface area contributed by atoms with Gasteiger partial charge in [-0.2, -0.15) is 0 Å². The molecule has 0 aromatic rings. The summed E-state index contributed by atoms with van der Waals surface area (Å²) < 4.78 is 0. The standard InChI is InChI=1S/C14H28N2O.ClH/c1-2-9-15-10-11-16-14(17)12-13-7-5-3-4-6-8-13;/h13,15H,2-12H2,1H3,(H,16,17);1H. The zero-order chi connectivity index (χ0) is 12.3. The number of rotatable bonds is 7. The zero-order valence-electron chi connectivity index (χ0n) is 11.7. The lowest BCUT2D eigenvalue weighted by molar-refractivity contribution is -0.122. The summed E-state index contributed by atoms with van der Waals surface area (Å²) >= 11 is 0. The van der Waals surface area contributed by atoms with Crippen LogP contribution in [-0.2, 0) is 4.79 Å². The molecule has 1 saturated carbocycles. The molecule has 0 spiro atoms. The lowest BCUT2D eigenvalue weighted by Gasteiger charge is -2.13. The van der Waals surface area contributed by atoms with E-state index in [4.69, 9.17) is 0 Å². The van der Waals surface area contributed by atoms with E-state index in [-0.39, 0.29) is 18.3 Å². The summed E-state index contributed by atoms with van der Waals surface area (Å²) in [5.74, 6) is 0.885. The second kappa shape index (κ2) is 11.8. The van der Waals surface area contributed by atoms with Gasteiger partial charge in [-0.25, -0.2) is 0 Å². The third-order valence-corrected chi connectivity index (χ3v) is 3.50. The summed E-state index contributed by atoms with van der Waals surface area (Å²) in [5.41, 5.74) is 0. The first-order chi connectivity index (χ1) is 8.33. The number of carbonyl (C=O) groups excluding carboxylic acids is 1. The highest BCUT2D eigenvalue weighted by Gasteiger charge is 2.15. The van der Waals surface area contributed by atoms with Gasteiger partial charge in [0.2, 0.25) is 5.91 Å². The number of nitrogens with one attached hydrogen (secondary N) is 2. The summed E-state index contributed by atoms with van der Waals surface area (Å²) in [6, 6.07) is 0. The Bertz CT molecular complexity index is 204. The van der Waals surface area contributed by atoms with Crippen molar-refractivity contribution in [3.05, 3.63) is 0 Å². The van der Waals surface area contributed by atoms with E-state index in [9.17, 15) is 4.79 Å². The quantitative estimate of drug-likeness (QED) is 0.555. The van der Waals surface area contributed by atoms with Gasteiger partial charge in [0.25, 0.3) is 0 Å². The lowest BCUT2D eigenvalue weighted by atomic mass is 9.96. The molecule has 0 atom stereocenters. The molecule has 1 amide bonds. The number of halogens is 1. The van der Waals surface area contributed by atoms with E-state index in [1.807, 2.05) is 0 Å². The van der Waals surface area contributed by atoms with E-state index >= 15 is 0 Å². The van der Waals surface area contributed by atoms with Crippen molar-refractivity contribution in [3.8, 4) is 0 Å². The smallest absolute Gasteiger partial charge is 0.220 e. The van der Waals surface area contributed by atoms with Crippen molar-refractivity contribution >= 4 is 18.3 Å². The molecule has 0 aromatic carbocycles. The van der Waals surface area contributed by atoms with Gasteiger partial charge in [0.15, 0.2) is 0 Å². The van der Waals surface area contributed by atoms with Crippen molar-refractivity contribution in [1.82, 2.24) is 10.6 Å². The van der Waals surface area contributed by atoms with Crippen molar-refractivity contribution in [2.75, 3.05) is 19.6 Å². The maximum Gasteiger partial charge on any atom is 0.220 e. The van der Waals surface area contributed by atoms with Crippen molar-refractivity contribution in [2.24, 2.45) is 5.92 Å². The molecule has 3 nitrogen and oxygen atoms in total. The van der Waals surface area contributed by atoms with E-state index in [1.54, 1.807) is 0 Å². The third-order valence-electron chi connectivity index (χ3n) is 3.50. The maximum absolute atomic E-state index is 11.7. The summed E-state index contributed by atoms with van der Waals surface area (Å²) in [6.07, 6.45) is 9.75. The Morgan fingerprint density at radius 1 is 1.06 bits per heavy atom. The third kappa shape index (κ3) is 8.76. The van der Waals surface area contributed by atoms with Crippen molar-refractivity contribution in [1.29, 1.82) is 0 Å². The van der Waals surface area contributed by atoms with Crippen molar-refractivity contribution in [3.63, 3.8) is 0 Å². The number of hydrogen-bond acceptors (Lipinski definition) is 2. The Labute approximate surface area is 118 Å². The first-order valence-electron chi connectivity index (χ1n) is 7.30. The minimum absolute atomic E-state index is 0. The molecule has 1 aliphatic rings. The Morgan fingerprint density at radius 3 is 2.33 bits per heavy atom. The van der Waals surface area contributed by atoms with E-state index in [0.717, 1.165) is 32.5 Å². The molecule has 2 N–H and O–H groups in total. The van der Waals surface area contributed by atoms with Crippen LogP contribution in [0.4, 0.5) is 0 Å². The highest BCUT2D eigenvalue weighted by molar-refractivity contribution is 5.85. The van der Waals surface area contributed by atoms with Crippen LogP contribution in [0.3, 0.4) is 0 Å². The number of carbonyl (C=O) groups is 1. The predicted octanol–water partition coefficient (Wildman–Crippen LogP) is 2.88. The van der Waals surface area contributed by atoms with Crippen LogP contribution in [0.1, 0.15) is 58.3 Å². The van der Waals surface area contributed by atoms with Gasteiger partial charge in [-0.15, -0.1) is 12.4 Å². The Balaban J connectivity index is 0.00000289. The molecule has 0 saturated heterocycles. The number of hydrogen-bond donors (Lipinski definition) is 2. The molecule has 4 heteroatoms. The summed E-state index contributed by atoms with van der Waals surface area (Å²) in [5, 5.41) is 6.30. The average Bonchev–Trinajstić information content (AvgIpc) is 2.57. The van der Waals surface area contributed by atoms with Crippen molar-refractivity contribution < 1.29 is 4.79 Å². The molecular formula is C14H29ClN2O. The fourth-order valence-electron chi connectivity index (χ4n) is 2.49. The van der Waals surface area contributed by atoms with E-state index in [0.29, 0.717) is 5.92 Å². The molecule has 18 heavy (non-hydrogen) atoms. The van der Waals surface area contributed by atoms with E-state index in [1.165, 1.54) is 38.5 Å². The molecule has 0 radical (unpaired) electrons. The van der Waals surface area contributed by atoms with Crippen LogP contribution >= 0.6 is 12.4 Å². The van der Waals surface area contributed by atoms with Crippen molar-refractivity contribution in [2.45, 2.75) is 58.3 Å². The molecular weight excluding hydrogens is 248 g/mol. The van der Waals surface area contributed by atoms with Gasteiger partial charge < -0.3 is 10.6 Å². The highest BCUT2D eigenvalue weighted by atomic mass is 35.5. The van der Waals surface area contributed by atoms with Crippen LogP contribution in [0.25, 0.3) is 0 Å². The molecule has 1 rings (SSSR count). The van der Waals surface area contributed by atoms with Crippen LogP contribution in [0, 0.1) is 5.92 Å². The fraction of sp³-hybridized carbons (Fsp3) is 0.929. The van der Waals surface area contributed by atoms with Crippen LogP contribution < -0.4 is 10.6 Å². The molecule has 0 heterocycles. The normalized spacial score (nSPS) is 16.7. The average molecular weight is 277 g/mol. The van der Waals surface area contributed by atoms with Gasteiger partial charge in [0.1, 0.15) is 0 Å². The molecule has 0 aliphatic heterocycles. The Morgan fingerprint density at radius 2 is 1.72 bits per heavy atom. The topological polar surface area (TPSA) is 41.1 Å². The highest BCUT2D eigenvalue weighted by Crippen LogP contribution is 2.25. The van der Waals surface area contributed by atoms with Crippen LogP contribution in [0.15, 0.2) is 0 Å². The first kappa shape index (κ1) is 17.7. The molecule has 0 bridgehead atoms. The molecule has 108 valence electrons. The summed E-state index contributed by atoms with van der Waals surface area (Å²) in [7, 11) is 0. The minimum atomic E-state index is 0. The lowest BCUT2D eigenvalue weighted by Crippen LogP contribution is -2.33. The SMILES string of the molecule is CCCNCCNC(=O)CC1CCCCCC1.Cl. The van der Waals surface area contributed by atoms with Crippen LogP contribution in [-0.4, -0.2) is 25.5 Å². The van der Waals surface area contributed by atoms with Gasteiger partial charge in [-0.05, 0) is 31.7 Å². The van der Waals surface area contributed by atoms with Crippen LogP contribution in [0.5, 0.6) is 0 Å². The maximum atomic E-state index is 11.7. The van der Waals surface area contributed by atoms with Crippen LogP contribution in [0.2, 0.25) is 0 Å². The van der Waals surface area contributed by atoms with E-state index in [2.05, 4.69) is 17.6 Å². The molecule has 1 fully saturated rings. The zero-order valence-corrected chi connectivity index (χ0v) is 12.5. The monoisotopic (exact) mass is 276 g/mol. The van der Waals surface area contributed by atoms with Gasteiger partial charge in [-0.1, -0.05) is 32.6 Å². The van der Waals surface area contributed by atoms with Gasteiger partial charge in [0, 0.05) is 19.5 Å². The summed E-state index contributed by atoms with van der Waals surface area (Å²) in [4.78, 5) is 11.7. The molecule has 1 aliphatic carbocycles. The second-order valence-electron chi connectivity index (χ2n) is 5.16. The van der Waals surface area contributed by atoms with E-state index < -0.39 is 0 Å². The second-order valence-corrected chi connectivity index (χ2v) is 5.16. The molecule has 0 aromatic heterocycles. The minimum Gasteiger partial charge on any atom is -0.355 e. The Kier molecular flexibility index (Phi) is 11.6. The Hall–Kier alpha value is -0.280. The number of amides is 1. The summed E-state index contributed by atoms with van der Waals surface area (Å²) in [6.45, 7) is 4.85. The van der Waals surface area contributed by atoms with Gasteiger partial charge >= 0.3 is 0 Å². The largest absolute Gasteiger partial charge is 0.355 e. The fourth-order valence-corrected chi connectivity index (χ4v) is 2.49. The predicted molar refractivity (Wildman–Crippen MR) is 79.2 cm³/mol. The van der Waals surface area contributed by atoms with Gasteiger partial charge in [0.05, 0.1) is 0 Å². The van der Waals surface area contributed by atoms with Gasteiger partial charge in [-0.3, -0.25) is 4.79 Å². The molecule has 0 unspecified atom stereocenters.